The molecule has 0 spiro atoms. The molecule has 0 aromatic heterocycles. The first-order valence-electron chi connectivity index (χ1n) is 6.54. The van der Waals surface area contributed by atoms with Gasteiger partial charge in [-0.15, -0.1) is 11.8 Å². The maximum atomic E-state index is 11.4. The highest BCUT2D eigenvalue weighted by Crippen LogP contribution is 2.38. The third kappa shape index (κ3) is 2.82. The van der Waals surface area contributed by atoms with Gasteiger partial charge in [0.1, 0.15) is 5.75 Å². The Bertz CT molecular complexity index is 758. The van der Waals surface area contributed by atoms with E-state index in [0.717, 1.165) is 10.5 Å². The third-order valence-electron chi connectivity index (χ3n) is 3.42. The summed E-state index contributed by atoms with van der Waals surface area (Å²) in [5, 5.41) is 11.9. The van der Waals surface area contributed by atoms with Crippen LogP contribution in [-0.2, 0) is 0 Å². The molecule has 22 heavy (non-hydrogen) atoms. The number of hydrogen-bond acceptors (Lipinski definition) is 4. The predicted octanol–water partition coefficient (Wildman–Crippen LogP) is 4.81. The summed E-state index contributed by atoms with van der Waals surface area (Å²) in [6.45, 7) is 0. The van der Waals surface area contributed by atoms with Crippen molar-refractivity contribution in [2.45, 2.75) is 11.0 Å². The molecule has 0 fully saturated rings. The Morgan fingerprint density at radius 2 is 1.95 bits per heavy atom. The summed E-state index contributed by atoms with van der Waals surface area (Å²) in [6, 6.07) is 12.7. The molecule has 2 aromatic carbocycles. The van der Waals surface area contributed by atoms with Gasteiger partial charge in [-0.05, 0) is 36.6 Å². The fourth-order valence-electron chi connectivity index (χ4n) is 2.33. The molecule has 1 heterocycles. The van der Waals surface area contributed by atoms with E-state index in [1.54, 1.807) is 30.0 Å². The monoisotopic (exact) mass is 333 g/mol. The van der Waals surface area contributed by atoms with Gasteiger partial charge in [-0.25, -0.2) is 0 Å². The van der Waals surface area contributed by atoms with E-state index in [1.165, 1.54) is 6.08 Å². The van der Waals surface area contributed by atoms with Gasteiger partial charge in [-0.1, -0.05) is 23.7 Å². The van der Waals surface area contributed by atoms with Crippen LogP contribution < -0.4 is 4.74 Å². The molecule has 4 nitrogen and oxygen atoms in total. The molecular weight excluding hydrogens is 322 g/mol. The van der Waals surface area contributed by atoms with Gasteiger partial charge in [0, 0.05) is 27.1 Å². The molecule has 0 unspecified atom stereocenters. The van der Waals surface area contributed by atoms with Crippen molar-refractivity contribution < 1.29 is 9.66 Å². The van der Waals surface area contributed by atoms with Crippen molar-refractivity contribution in [2.75, 3.05) is 6.26 Å². The van der Waals surface area contributed by atoms with Crippen molar-refractivity contribution in [1.29, 1.82) is 0 Å². The Morgan fingerprint density at radius 3 is 2.59 bits per heavy atom. The van der Waals surface area contributed by atoms with Gasteiger partial charge in [0.15, 0.2) is 0 Å². The van der Waals surface area contributed by atoms with Gasteiger partial charge < -0.3 is 4.74 Å². The Kier molecular flexibility index (Phi) is 4.09. The van der Waals surface area contributed by atoms with Crippen LogP contribution in [0.5, 0.6) is 5.75 Å². The molecule has 1 aliphatic rings. The number of thioether (sulfide) groups is 1. The SMILES string of the molecule is CSc1ccc([C@H]2Oc3ccc(Cl)cc3C=C2[N+](=O)[O-])cc1. The molecule has 0 bridgehead atoms. The largest absolute Gasteiger partial charge is 0.474 e. The van der Waals surface area contributed by atoms with Crippen LogP contribution in [0.1, 0.15) is 17.2 Å². The zero-order valence-electron chi connectivity index (χ0n) is 11.7. The maximum Gasteiger partial charge on any atom is 0.291 e. The Morgan fingerprint density at radius 1 is 1.23 bits per heavy atom. The summed E-state index contributed by atoms with van der Waals surface area (Å²) in [5.41, 5.74) is 1.38. The van der Waals surface area contributed by atoms with Crippen LogP contribution in [0, 0.1) is 10.1 Å². The van der Waals surface area contributed by atoms with E-state index in [0.29, 0.717) is 16.3 Å². The molecule has 0 saturated carbocycles. The molecule has 3 rings (SSSR count). The second kappa shape index (κ2) is 6.02. The van der Waals surface area contributed by atoms with Crippen molar-refractivity contribution in [3.8, 4) is 5.75 Å². The zero-order valence-corrected chi connectivity index (χ0v) is 13.2. The third-order valence-corrected chi connectivity index (χ3v) is 4.40. The minimum absolute atomic E-state index is 0.00617. The predicted molar refractivity (Wildman–Crippen MR) is 88.0 cm³/mol. The average molecular weight is 334 g/mol. The second-order valence-electron chi connectivity index (χ2n) is 4.78. The van der Waals surface area contributed by atoms with E-state index < -0.39 is 11.0 Å². The number of halogens is 1. The Balaban J connectivity index is 2.04. The molecule has 1 aliphatic heterocycles. The van der Waals surface area contributed by atoms with Crippen LogP contribution in [0.2, 0.25) is 5.02 Å². The van der Waals surface area contributed by atoms with Gasteiger partial charge in [0.05, 0.1) is 4.92 Å². The van der Waals surface area contributed by atoms with Gasteiger partial charge >= 0.3 is 0 Å². The van der Waals surface area contributed by atoms with Gasteiger partial charge in [0.25, 0.3) is 5.70 Å². The minimum atomic E-state index is -0.723. The van der Waals surface area contributed by atoms with Crippen molar-refractivity contribution in [3.05, 3.63) is 74.4 Å². The lowest BCUT2D eigenvalue weighted by Crippen LogP contribution is -2.19. The normalized spacial score (nSPS) is 16.5. The van der Waals surface area contributed by atoms with E-state index in [4.69, 9.17) is 16.3 Å². The first-order valence-corrected chi connectivity index (χ1v) is 8.15. The molecule has 0 amide bonds. The number of fused-ring (bicyclic) bond motifs is 1. The van der Waals surface area contributed by atoms with Crippen molar-refractivity contribution in [1.82, 2.24) is 0 Å². The topological polar surface area (TPSA) is 52.4 Å². The number of benzene rings is 2. The number of ether oxygens (including phenoxy) is 1. The lowest BCUT2D eigenvalue weighted by molar-refractivity contribution is -0.434. The van der Waals surface area contributed by atoms with E-state index >= 15 is 0 Å². The molecule has 0 saturated heterocycles. The summed E-state index contributed by atoms with van der Waals surface area (Å²) >= 11 is 7.55. The van der Waals surface area contributed by atoms with Gasteiger partial charge in [-0.2, -0.15) is 0 Å². The molecule has 6 heteroatoms. The van der Waals surface area contributed by atoms with Crippen molar-refractivity contribution >= 4 is 29.4 Å². The fourth-order valence-corrected chi connectivity index (χ4v) is 2.92. The summed E-state index contributed by atoms with van der Waals surface area (Å²) in [7, 11) is 0. The summed E-state index contributed by atoms with van der Waals surface area (Å²) in [4.78, 5) is 12.1. The summed E-state index contributed by atoms with van der Waals surface area (Å²) in [6.07, 6.45) is 2.78. The smallest absolute Gasteiger partial charge is 0.291 e. The highest BCUT2D eigenvalue weighted by Gasteiger charge is 2.33. The van der Waals surface area contributed by atoms with Crippen LogP contribution in [0.15, 0.2) is 53.1 Å². The Hall–Kier alpha value is -1.98. The Labute approximate surface area is 136 Å². The van der Waals surface area contributed by atoms with Crippen LogP contribution in [0.4, 0.5) is 0 Å². The number of nitrogens with zero attached hydrogens (tertiary/aromatic N) is 1. The molecule has 112 valence electrons. The lowest BCUT2D eigenvalue weighted by atomic mass is 10.0. The van der Waals surface area contributed by atoms with Crippen molar-refractivity contribution in [3.63, 3.8) is 0 Å². The van der Waals surface area contributed by atoms with E-state index in [2.05, 4.69) is 0 Å². The average Bonchev–Trinajstić information content (AvgIpc) is 2.53. The molecular formula is C16H12ClNO3S. The lowest BCUT2D eigenvalue weighted by Gasteiger charge is -2.22. The second-order valence-corrected chi connectivity index (χ2v) is 6.10. The van der Waals surface area contributed by atoms with Crippen LogP contribution >= 0.6 is 23.4 Å². The maximum absolute atomic E-state index is 11.4. The highest BCUT2D eigenvalue weighted by atomic mass is 35.5. The molecule has 2 aromatic rings. The van der Waals surface area contributed by atoms with E-state index in [1.807, 2.05) is 30.5 Å². The van der Waals surface area contributed by atoms with Gasteiger partial charge in [0.2, 0.25) is 6.10 Å². The quantitative estimate of drug-likeness (QED) is 0.459. The molecule has 0 aliphatic carbocycles. The van der Waals surface area contributed by atoms with E-state index in [9.17, 15) is 10.1 Å². The van der Waals surface area contributed by atoms with Crippen LogP contribution in [0.3, 0.4) is 0 Å². The van der Waals surface area contributed by atoms with Crippen LogP contribution in [-0.4, -0.2) is 11.2 Å². The van der Waals surface area contributed by atoms with Gasteiger partial charge in [-0.3, -0.25) is 10.1 Å². The summed E-state index contributed by atoms with van der Waals surface area (Å²) in [5.74, 6) is 0.592. The summed E-state index contributed by atoms with van der Waals surface area (Å²) < 4.78 is 5.85. The zero-order chi connectivity index (χ0) is 15.7. The number of nitro groups is 1. The first kappa shape index (κ1) is 14.9. The van der Waals surface area contributed by atoms with Crippen LogP contribution in [0.25, 0.3) is 6.08 Å². The number of hydrogen-bond donors (Lipinski definition) is 0. The molecule has 1 atom stereocenters. The standard InChI is InChI=1S/C16H12ClNO3S/c1-22-13-5-2-10(3-6-13)16-14(18(19)20)9-11-8-12(17)4-7-15(11)21-16/h2-9,16H,1H3/t16-/m1/s1. The molecule has 0 radical (unpaired) electrons. The van der Waals surface area contributed by atoms with Crippen molar-refractivity contribution in [2.24, 2.45) is 0 Å². The first-order chi connectivity index (χ1) is 10.6. The minimum Gasteiger partial charge on any atom is -0.474 e. The fraction of sp³-hybridized carbons (Fsp3) is 0.125. The number of rotatable bonds is 3. The molecule has 0 N–H and O–H groups in total. The van der Waals surface area contributed by atoms with E-state index in [-0.39, 0.29) is 5.70 Å². The highest BCUT2D eigenvalue weighted by molar-refractivity contribution is 7.98.